The average Bonchev–Trinajstić information content (AvgIpc) is 2.58. The van der Waals surface area contributed by atoms with Crippen LogP contribution < -0.4 is 4.90 Å². The summed E-state index contributed by atoms with van der Waals surface area (Å²) in [5, 5.41) is 2.37. The van der Waals surface area contributed by atoms with Crippen LogP contribution in [0.3, 0.4) is 0 Å². The molecule has 0 amide bonds. The number of rotatable bonds is 2. The first-order chi connectivity index (χ1) is 7.60. The molecule has 0 aromatic carbocycles. The highest BCUT2D eigenvalue weighted by Crippen LogP contribution is 2.33. The van der Waals surface area contributed by atoms with Gasteiger partial charge in [-0.3, -0.25) is 4.79 Å². The minimum absolute atomic E-state index is 0.327. The second-order valence-corrected chi connectivity index (χ2v) is 7.18. The summed E-state index contributed by atoms with van der Waals surface area (Å²) in [4.78, 5) is 17.7. The van der Waals surface area contributed by atoms with E-state index in [9.17, 15) is 4.79 Å². The third kappa shape index (κ3) is 2.52. The van der Waals surface area contributed by atoms with Crippen LogP contribution in [0.25, 0.3) is 0 Å². The predicted octanol–water partition coefficient (Wildman–Crippen LogP) is 2.94. The number of halogens is 1. The van der Waals surface area contributed by atoms with Crippen LogP contribution in [0.2, 0.25) is 5.15 Å². The number of nitrogens with zero attached hydrogens (tertiary/aromatic N) is 2. The van der Waals surface area contributed by atoms with Crippen molar-refractivity contribution in [3.8, 4) is 0 Å². The molecule has 2 rings (SSSR count). The molecule has 0 aliphatic carbocycles. The number of carbonyl (C=O) groups is 1. The highest BCUT2D eigenvalue weighted by Gasteiger charge is 2.25. The van der Waals surface area contributed by atoms with Crippen LogP contribution in [0, 0.1) is 0 Å². The van der Waals surface area contributed by atoms with Gasteiger partial charge in [-0.25, -0.2) is 4.98 Å². The summed E-state index contributed by atoms with van der Waals surface area (Å²) < 4.78 is 0. The van der Waals surface area contributed by atoms with Gasteiger partial charge in [0.05, 0.1) is 0 Å². The first kappa shape index (κ1) is 12.2. The Morgan fingerprint density at radius 3 is 2.56 bits per heavy atom. The van der Waals surface area contributed by atoms with E-state index in [1.54, 1.807) is 0 Å². The molecule has 1 aliphatic rings. The lowest BCUT2D eigenvalue weighted by atomic mass is 10.3. The van der Waals surface area contributed by atoms with E-state index in [-0.39, 0.29) is 0 Å². The van der Waals surface area contributed by atoms with Gasteiger partial charge in [-0.05, 0) is 0 Å². The molecule has 2 unspecified atom stereocenters. The molecule has 6 heteroatoms. The SMILES string of the molecule is CC1CN(c2nc(Cl)c(C=O)s2)CC(C)S1. The number of anilines is 1. The number of hydrogen-bond donors (Lipinski definition) is 0. The van der Waals surface area contributed by atoms with Crippen molar-refractivity contribution in [1.82, 2.24) is 4.98 Å². The Hall–Kier alpha value is -0.260. The van der Waals surface area contributed by atoms with Gasteiger partial charge in [0.15, 0.2) is 16.6 Å². The smallest absolute Gasteiger partial charge is 0.187 e. The molecule has 1 aliphatic heterocycles. The van der Waals surface area contributed by atoms with Gasteiger partial charge >= 0.3 is 0 Å². The number of carbonyl (C=O) groups excluding carboxylic acids is 1. The van der Waals surface area contributed by atoms with Gasteiger partial charge in [-0.2, -0.15) is 11.8 Å². The van der Waals surface area contributed by atoms with Crippen molar-refractivity contribution in [2.45, 2.75) is 24.3 Å². The molecule has 2 heterocycles. The van der Waals surface area contributed by atoms with Crippen LogP contribution in [-0.4, -0.2) is 34.9 Å². The maximum absolute atomic E-state index is 10.7. The number of thiazole rings is 1. The summed E-state index contributed by atoms with van der Waals surface area (Å²) in [7, 11) is 0. The molecule has 88 valence electrons. The monoisotopic (exact) mass is 276 g/mol. The normalized spacial score (nSPS) is 25.8. The second kappa shape index (κ2) is 4.94. The highest BCUT2D eigenvalue weighted by molar-refractivity contribution is 8.00. The van der Waals surface area contributed by atoms with Gasteiger partial charge < -0.3 is 4.90 Å². The first-order valence-electron chi connectivity index (χ1n) is 5.12. The molecule has 1 aromatic heterocycles. The third-order valence-corrected chi connectivity index (χ3v) is 5.06. The Morgan fingerprint density at radius 1 is 1.44 bits per heavy atom. The van der Waals surface area contributed by atoms with Crippen LogP contribution in [0.5, 0.6) is 0 Å². The summed E-state index contributed by atoms with van der Waals surface area (Å²) in [6.45, 7) is 6.36. The zero-order valence-electron chi connectivity index (χ0n) is 9.14. The van der Waals surface area contributed by atoms with Crippen molar-refractivity contribution >= 4 is 46.1 Å². The van der Waals surface area contributed by atoms with Crippen molar-refractivity contribution in [2.75, 3.05) is 18.0 Å². The summed E-state index contributed by atoms with van der Waals surface area (Å²) in [5.41, 5.74) is 0. The van der Waals surface area contributed by atoms with E-state index < -0.39 is 0 Å². The van der Waals surface area contributed by atoms with Crippen molar-refractivity contribution in [1.29, 1.82) is 0 Å². The second-order valence-electron chi connectivity index (χ2n) is 3.93. The van der Waals surface area contributed by atoms with Crippen molar-refractivity contribution < 1.29 is 4.79 Å². The summed E-state index contributed by atoms with van der Waals surface area (Å²) in [6, 6.07) is 0. The number of aldehydes is 1. The first-order valence-corrected chi connectivity index (χ1v) is 7.25. The van der Waals surface area contributed by atoms with Crippen LogP contribution in [-0.2, 0) is 0 Å². The molecule has 0 bridgehead atoms. The molecule has 0 N–H and O–H groups in total. The zero-order chi connectivity index (χ0) is 11.7. The maximum Gasteiger partial charge on any atom is 0.187 e. The van der Waals surface area contributed by atoms with E-state index in [4.69, 9.17) is 11.6 Å². The van der Waals surface area contributed by atoms with Crippen LogP contribution in [0.1, 0.15) is 23.5 Å². The van der Waals surface area contributed by atoms with Crippen molar-refractivity contribution in [3.63, 3.8) is 0 Å². The predicted molar refractivity (Wildman–Crippen MR) is 71.2 cm³/mol. The van der Waals surface area contributed by atoms with Gasteiger partial charge in [0, 0.05) is 23.6 Å². The molecule has 0 spiro atoms. The fraction of sp³-hybridized carbons (Fsp3) is 0.600. The number of thioether (sulfide) groups is 1. The molecule has 3 nitrogen and oxygen atoms in total. The van der Waals surface area contributed by atoms with E-state index in [2.05, 4.69) is 23.7 Å². The molecule has 0 radical (unpaired) electrons. The molecule has 1 saturated heterocycles. The van der Waals surface area contributed by atoms with Crippen molar-refractivity contribution in [2.24, 2.45) is 0 Å². The van der Waals surface area contributed by atoms with E-state index in [0.717, 1.165) is 24.5 Å². The topological polar surface area (TPSA) is 33.2 Å². The van der Waals surface area contributed by atoms with Gasteiger partial charge in [0.2, 0.25) is 0 Å². The van der Waals surface area contributed by atoms with Gasteiger partial charge in [-0.15, -0.1) is 0 Å². The minimum Gasteiger partial charge on any atom is -0.346 e. The fourth-order valence-electron chi connectivity index (χ4n) is 1.84. The van der Waals surface area contributed by atoms with E-state index in [1.165, 1.54) is 11.3 Å². The summed E-state index contributed by atoms with van der Waals surface area (Å²) in [6.07, 6.45) is 0.773. The van der Waals surface area contributed by atoms with Crippen LogP contribution in [0.4, 0.5) is 5.13 Å². The lowest BCUT2D eigenvalue weighted by Gasteiger charge is -2.34. The number of hydrogen-bond acceptors (Lipinski definition) is 5. The highest BCUT2D eigenvalue weighted by atomic mass is 35.5. The molecule has 2 atom stereocenters. The molecular weight excluding hydrogens is 264 g/mol. The lowest BCUT2D eigenvalue weighted by molar-refractivity contribution is 0.112. The lowest BCUT2D eigenvalue weighted by Crippen LogP contribution is -2.40. The quantitative estimate of drug-likeness (QED) is 0.778. The molecular formula is C10H13ClN2OS2. The molecule has 1 fully saturated rings. The number of aromatic nitrogens is 1. The van der Waals surface area contributed by atoms with Crippen LogP contribution >= 0.6 is 34.7 Å². The minimum atomic E-state index is 0.327. The van der Waals surface area contributed by atoms with Crippen molar-refractivity contribution in [3.05, 3.63) is 10.0 Å². The van der Waals surface area contributed by atoms with E-state index in [1.807, 2.05) is 11.8 Å². The van der Waals surface area contributed by atoms with Gasteiger partial charge in [0.25, 0.3) is 0 Å². The van der Waals surface area contributed by atoms with Gasteiger partial charge in [-0.1, -0.05) is 36.8 Å². The zero-order valence-corrected chi connectivity index (χ0v) is 11.5. The molecule has 16 heavy (non-hydrogen) atoms. The third-order valence-electron chi connectivity index (χ3n) is 2.40. The van der Waals surface area contributed by atoms with E-state index in [0.29, 0.717) is 20.5 Å². The summed E-state index contributed by atoms with van der Waals surface area (Å²) in [5.74, 6) is 0. The molecule has 0 saturated carbocycles. The summed E-state index contributed by atoms with van der Waals surface area (Å²) >= 11 is 9.24. The van der Waals surface area contributed by atoms with Crippen LogP contribution in [0.15, 0.2) is 0 Å². The Kier molecular flexibility index (Phi) is 3.77. The van der Waals surface area contributed by atoms with E-state index >= 15 is 0 Å². The Bertz CT molecular complexity index is 386. The molecule has 1 aromatic rings. The average molecular weight is 277 g/mol. The Balaban J connectivity index is 2.19. The maximum atomic E-state index is 10.7. The Labute approximate surface area is 108 Å². The fourth-order valence-corrected chi connectivity index (χ4v) is 4.25. The van der Waals surface area contributed by atoms with Gasteiger partial charge in [0.1, 0.15) is 4.88 Å². The largest absolute Gasteiger partial charge is 0.346 e. The Morgan fingerprint density at radius 2 is 2.06 bits per heavy atom. The standard InChI is InChI=1S/C10H13ClN2OS2/c1-6-3-13(4-7(2)15-6)10-12-9(11)8(5-14)16-10/h5-7H,3-4H2,1-2H3.